The highest BCUT2D eigenvalue weighted by Crippen LogP contribution is 2.52. The summed E-state index contributed by atoms with van der Waals surface area (Å²) in [7, 11) is 0. The summed E-state index contributed by atoms with van der Waals surface area (Å²) >= 11 is 0. The zero-order valence-electron chi connectivity index (χ0n) is 19.6. The summed E-state index contributed by atoms with van der Waals surface area (Å²) in [5.74, 6) is 1.74. The molecule has 3 rings (SSSR count). The minimum absolute atomic E-state index is 0.0336. The first kappa shape index (κ1) is 22.6. The molecule has 3 nitrogen and oxygen atoms in total. The van der Waals surface area contributed by atoms with Gasteiger partial charge < -0.3 is 14.8 Å². The van der Waals surface area contributed by atoms with Crippen molar-refractivity contribution >= 4 is 0 Å². The van der Waals surface area contributed by atoms with Crippen LogP contribution in [-0.4, -0.2) is 19.4 Å². The minimum Gasteiger partial charge on any atom is -0.465 e. The van der Waals surface area contributed by atoms with Crippen LogP contribution in [0.1, 0.15) is 92.1 Å². The fraction of sp³-hybridized carbons (Fsp3) is 0.769. The van der Waals surface area contributed by atoms with Gasteiger partial charge in [0.15, 0.2) is 6.29 Å². The van der Waals surface area contributed by atoms with Crippen LogP contribution in [0.15, 0.2) is 24.3 Å². The van der Waals surface area contributed by atoms with Crippen molar-refractivity contribution in [2.75, 3.05) is 13.2 Å². The van der Waals surface area contributed by atoms with E-state index in [1.54, 1.807) is 0 Å². The summed E-state index contributed by atoms with van der Waals surface area (Å²) in [6, 6.07) is 8.70. The van der Waals surface area contributed by atoms with Gasteiger partial charge in [-0.2, -0.15) is 0 Å². The largest absolute Gasteiger partial charge is 0.465 e. The van der Waals surface area contributed by atoms with Gasteiger partial charge in [-0.3, -0.25) is 0 Å². The summed E-state index contributed by atoms with van der Waals surface area (Å²) in [5.41, 5.74) is 1.91. The van der Waals surface area contributed by atoms with Crippen molar-refractivity contribution in [2.24, 2.45) is 16.7 Å². The summed E-state index contributed by atoms with van der Waals surface area (Å²) in [6.07, 6.45) is 9.04. The predicted octanol–water partition coefficient (Wildman–Crippen LogP) is 6.66. The number of hydrogen-bond acceptors (Lipinski definition) is 3. The molecule has 2 aliphatic rings. The van der Waals surface area contributed by atoms with Gasteiger partial charge in [-0.25, -0.2) is 0 Å². The van der Waals surface area contributed by atoms with Crippen LogP contribution in [0, 0.1) is 16.7 Å². The zero-order chi connectivity index (χ0) is 21.1. The van der Waals surface area contributed by atoms with Crippen molar-refractivity contribution < 1.29 is 9.47 Å². The Morgan fingerprint density at radius 3 is 2.24 bits per heavy atom. The second-order valence-electron chi connectivity index (χ2n) is 11.3. The number of hydrogen-bond donors (Lipinski definition) is 1. The van der Waals surface area contributed by atoms with E-state index in [2.05, 4.69) is 64.2 Å². The van der Waals surface area contributed by atoms with E-state index in [9.17, 15) is 0 Å². The maximum absolute atomic E-state index is 6.03. The van der Waals surface area contributed by atoms with Crippen molar-refractivity contribution in [3.63, 3.8) is 0 Å². The van der Waals surface area contributed by atoms with Gasteiger partial charge in [-0.1, -0.05) is 78.9 Å². The van der Waals surface area contributed by atoms with Crippen molar-refractivity contribution in [1.82, 2.24) is 5.32 Å². The standard InChI is InChI=1S/C26H43NO2/c1-20(28-17-16-21-10-8-7-9-11-21)29-23-14-12-22(13-15-23)26(18-24(2,3)4)25(5,6)19-27-26/h12-15,20-21,27H,7-11,16-19H2,1-6H3. The van der Waals surface area contributed by atoms with Crippen LogP contribution in [0.2, 0.25) is 0 Å². The van der Waals surface area contributed by atoms with Gasteiger partial charge in [0.2, 0.25) is 0 Å². The fourth-order valence-corrected chi connectivity index (χ4v) is 5.27. The molecule has 2 atom stereocenters. The third kappa shape index (κ3) is 5.55. The molecule has 0 bridgehead atoms. The Labute approximate surface area is 178 Å². The Bertz CT molecular complexity index is 640. The highest BCUT2D eigenvalue weighted by Gasteiger charge is 2.54. The molecule has 164 valence electrons. The van der Waals surface area contributed by atoms with E-state index < -0.39 is 0 Å². The third-order valence-corrected chi connectivity index (χ3v) is 7.04. The molecule has 1 saturated heterocycles. The molecule has 1 saturated carbocycles. The molecular formula is C26H43NO2. The van der Waals surface area contributed by atoms with E-state index in [0.29, 0.717) is 0 Å². The molecule has 1 heterocycles. The predicted molar refractivity (Wildman–Crippen MR) is 121 cm³/mol. The Kier molecular flexibility index (Phi) is 7.00. The van der Waals surface area contributed by atoms with Crippen LogP contribution in [0.4, 0.5) is 0 Å². The van der Waals surface area contributed by atoms with Gasteiger partial charge in [0.1, 0.15) is 5.75 Å². The Morgan fingerprint density at radius 2 is 1.72 bits per heavy atom. The second-order valence-corrected chi connectivity index (χ2v) is 11.3. The molecule has 1 aromatic rings. The molecule has 29 heavy (non-hydrogen) atoms. The quantitative estimate of drug-likeness (QED) is 0.494. The molecule has 0 radical (unpaired) electrons. The average molecular weight is 402 g/mol. The lowest BCUT2D eigenvalue weighted by Gasteiger charge is -2.60. The van der Waals surface area contributed by atoms with Gasteiger partial charge in [-0.05, 0) is 54.2 Å². The maximum atomic E-state index is 6.03. The Morgan fingerprint density at radius 1 is 1.07 bits per heavy atom. The second kappa shape index (κ2) is 8.98. The summed E-state index contributed by atoms with van der Waals surface area (Å²) in [6.45, 7) is 15.6. The Hall–Kier alpha value is -1.06. The molecule has 1 N–H and O–H groups in total. The number of ether oxygens (including phenoxy) is 2. The molecule has 2 unspecified atom stereocenters. The lowest BCUT2D eigenvalue weighted by Crippen LogP contribution is -2.69. The molecule has 3 heteroatoms. The first-order valence-corrected chi connectivity index (χ1v) is 11.8. The van der Waals surface area contributed by atoms with Crippen LogP contribution in [-0.2, 0) is 10.3 Å². The molecule has 1 aromatic carbocycles. The fourth-order valence-electron chi connectivity index (χ4n) is 5.27. The molecule has 0 amide bonds. The lowest BCUT2D eigenvalue weighted by molar-refractivity contribution is -0.0712. The van der Waals surface area contributed by atoms with E-state index in [1.807, 2.05) is 6.92 Å². The van der Waals surface area contributed by atoms with Crippen molar-refractivity contribution in [2.45, 2.75) is 98.3 Å². The summed E-state index contributed by atoms with van der Waals surface area (Å²) in [4.78, 5) is 0. The molecule has 1 aliphatic heterocycles. The van der Waals surface area contributed by atoms with E-state index in [-0.39, 0.29) is 22.7 Å². The van der Waals surface area contributed by atoms with Crippen molar-refractivity contribution in [3.8, 4) is 5.75 Å². The lowest BCUT2D eigenvalue weighted by atomic mass is 9.57. The molecule has 0 spiro atoms. The maximum Gasteiger partial charge on any atom is 0.196 e. The van der Waals surface area contributed by atoms with Crippen LogP contribution in [0.3, 0.4) is 0 Å². The first-order chi connectivity index (χ1) is 13.6. The smallest absolute Gasteiger partial charge is 0.196 e. The van der Waals surface area contributed by atoms with E-state index in [1.165, 1.54) is 44.1 Å². The highest BCUT2D eigenvalue weighted by molar-refractivity contribution is 5.36. The summed E-state index contributed by atoms with van der Waals surface area (Å²) < 4.78 is 12.0. The van der Waals surface area contributed by atoms with Gasteiger partial charge in [0.05, 0.1) is 12.1 Å². The van der Waals surface area contributed by atoms with Gasteiger partial charge in [0, 0.05) is 6.54 Å². The minimum atomic E-state index is -0.203. The highest BCUT2D eigenvalue weighted by atomic mass is 16.7. The zero-order valence-corrected chi connectivity index (χ0v) is 19.6. The van der Waals surface area contributed by atoms with Crippen LogP contribution in [0.5, 0.6) is 5.75 Å². The van der Waals surface area contributed by atoms with Crippen LogP contribution >= 0.6 is 0 Å². The first-order valence-electron chi connectivity index (χ1n) is 11.8. The molecular weight excluding hydrogens is 358 g/mol. The van der Waals surface area contributed by atoms with Crippen LogP contribution < -0.4 is 10.1 Å². The molecule has 1 aliphatic carbocycles. The van der Waals surface area contributed by atoms with E-state index >= 15 is 0 Å². The van der Waals surface area contributed by atoms with E-state index in [0.717, 1.165) is 31.2 Å². The monoisotopic (exact) mass is 401 g/mol. The van der Waals surface area contributed by atoms with Gasteiger partial charge in [0.25, 0.3) is 0 Å². The third-order valence-electron chi connectivity index (χ3n) is 7.04. The Balaban J connectivity index is 1.55. The number of rotatable bonds is 8. The van der Waals surface area contributed by atoms with Crippen molar-refractivity contribution in [3.05, 3.63) is 29.8 Å². The van der Waals surface area contributed by atoms with E-state index in [4.69, 9.17) is 9.47 Å². The van der Waals surface area contributed by atoms with Crippen LogP contribution in [0.25, 0.3) is 0 Å². The summed E-state index contributed by atoms with van der Waals surface area (Å²) in [5, 5.41) is 3.78. The van der Waals surface area contributed by atoms with Crippen molar-refractivity contribution in [1.29, 1.82) is 0 Å². The normalized spacial score (nSPS) is 26.0. The number of nitrogens with one attached hydrogen (secondary N) is 1. The topological polar surface area (TPSA) is 30.5 Å². The van der Waals surface area contributed by atoms with Gasteiger partial charge >= 0.3 is 0 Å². The molecule has 2 fully saturated rings. The SMILES string of the molecule is CC(OCCC1CCCCC1)Oc1ccc(C2(CC(C)(C)C)NCC2(C)C)cc1. The number of benzene rings is 1. The average Bonchev–Trinajstić information content (AvgIpc) is 2.66. The van der Waals surface area contributed by atoms with Gasteiger partial charge in [-0.15, -0.1) is 0 Å². The molecule has 0 aromatic heterocycles.